The first-order chi connectivity index (χ1) is 9.83. The van der Waals surface area contributed by atoms with E-state index in [0.29, 0.717) is 4.65 Å². The molecule has 2 heterocycles. The lowest BCUT2D eigenvalue weighted by Gasteiger charge is -2.37. The van der Waals surface area contributed by atoms with Crippen molar-refractivity contribution in [2.24, 2.45) is 0 Å². The Morgan fingerprint density at radius 3 is 2.65 bits per heavy atom. The quantitative estimate of drug-likeness (QED) is 0.793. The second-order valence-electron chi connectivity index (χ2n) is 5.15. The maximum atomic E-state index is 5.84. The molecule has 0 atom stereocenters. The summed E-state index contributed by atoms with van der Waals surface area (Å²) in [6, 6.07) is 13.0. The fourth-order valence-corrected chi connectivity index (χ4v) is 3.56. The first-order valence-corrected chi connectivity index (χ1v) is 7.88. The normalized spacial score (nSPS) is 18.1. The standard InChI is InChI=1S/C16H20N2OS/c1-19-18(10-8-17-9-11-18)13-14-5-2-3-6-15(14)16-7-4-12-20-16/h2-7,12H,8-11,13H2,1H3/q+1. The molecule has 0 spiro atoms. The van der Waals surface area contributed by atoms with Gasteiger partial charge in [0.15, 0.2) is 0 Å². The summed E-state index contributed by atoms with van der Waals surface area (Å²) in [5, 5.41) is 6.57. The minimum absolute atomic E-state index is 0.686. The van der Waals surface area contributed by atoms with Crippen molar-refractivity contribution >= 4 is 11.3 Å². The molecule has 0 saturated carbocycles. The van der Waals surface area contributed by atoms with Crippen molar-refractivity contribution in [1.29, 1.82) is 0 Å². The number of hydrogen-bond donors (Lipinski definition) is 0. The number of quaternary nitrogens is 1. The molecule has 105 valence electrons. The van der Waals surface area contributed by atoms with Crippen molar-refractivity contribution in [1.82, 2.24) is 5.32 Å². The number of piperazine rings is 1. The van der Waals surface area contributed by atoms with Crippen LogP contribution in [-0.4, -0.2) is 37.9 Å². The van der Waals surface area contributed by atoms with E-state index in [2.05, 4.69) is 47.1 Å². The Balaban J connectivity index is 1.90. The van der Waals surface area contributed by atoms with E-state index in [4.69, 9.17) is 4.84 Å². The predicted octanol–water partition coefficient (Wildman–Crippen LogP) is 2.91. The fourth-order valence-electron chi connectivity index (χ4n) is 2.78. The third kappa shape index (κ3) is 2.79. The van der Waals surface area contributed by atoms with Crippen molar-refractivity contribution in [3.8, 4) is 10.4 Å². The van der Waals surface area contributed by atoms with Crippen LogP contribution in [0, 0.1) is 0 Å². The van der Waals surface area contributed by atoms with E-state index in [0.717, 1.165) is 32.7 Å². The highest BCUT2D eigenvalue weighted by Gasteiger charge is 2.32. The van der Waals surface area contributed by atoms with Crippen molar-refractivity contribution in [2.75, 3.05) is 33.3 Å². The van der Waals surface area contributed by atoms with Gasteiger partial charge < -0.3 is 0 Å². The van der Waals surface area contributed by atoms with Crippen LogP contribution in [-0.2, 0) is 11.4 Å². The third-order valence-electron chi connectivity index (χ3n) is 3.98. The van der Waals surface area contributed by atoms with Gasteiger partial charge in [-0.1, -0.05) is 30.3 Å². The molecule has 3 nitrogen and oxygen atoms in total. The lowest BCUT2D eigenvalue weighted by molar-refractivity contribution is -1.11. The molecule has 3 rings (SSSR count). The lowest BCUT2D eigenvalue weighted by Crippen LogP contribution is -2.55. The molecule has 1 fully saturated rings. The molecule has 0 N–H and O–H groups in total. The topological polar surface area (TPSA) is 23.3 Å². The summed E-state index contributed by atoms with van der Waals surface area (Å²) in [6.45, 7) is 4.65. The zero-order valence-electron chi connectivity index (χ0n) is 11.8. The summed E-state index contributed by atoms with van der Waals surface area (Å²) >= 11 is 1.79. The van der Waals surface area contributed by atoms with Gasteiger partial charge in [-0.15, -0.1) is 11.3 Å². The van der Waals surface area contributed by atoms with Gasteiger partial charge in [-0.05, 0) is 11.4 Å². The van der Waals surface area contributed by atoms with E-state index in [1.807, 2.05) is 7.11 Å². The molecule has 1 aliphatic heterocycles. The molecule has 2 aromatic rings. The van der Waals surface area contributed by atoms with Gasteiger partial charge in [0.25, 0.3) is 0 Å². The minimum Gasteiger partial charge on any atom is -0.230 e. The van der Waals surface area contributed by atoms with Crippen LogP contribution in [0.3, 0.4) is 0 Å². The molecule has 1 radical (unpaired) electrons. The van der Waals surface area contributed by atoms with Crippen molar-refractivity contribution in [2.45, 2.75) is 6.54 Å². The summed E-state index contributed by atoms with van der Waals surface area (Å²) in [4.78, 5) is 7.17. The molecule has 0 unspecified atom stereocenters. The van der Waals surface area contributed by atoms with E-state index < -0.39 is 0 Å². The van der Waals surface area contributed by atoms with Crippen molar-refractivity contribution in [3.63, 3.8) is 0 Å². The van der Waals surface area contributed by atoms with Gasteiger partial charge in [-0.2, -0.15) is 4.65 Å². The van der Waals surface area contributed by atoms with Crippen molar-refractivity contribution < 1.29 is 9.48 Å². The zero-order chi connectivity index (χ0) is 13.8. The fraction of sp³-hybridized carbons (Fsp3) is 0.375. The zero-order valence-corrected chi connectivity index (χ0v) is 12.6. The summed E-state index contributed by atoms with van der Waals surface area (Å²) in [6.07, 6.45) is 0. The van der Waals surface area contributed by atoms with Gasteiger partial charge in [0.1, 0.15) is 19.6 Å². The maximum absolute atomic E-state index is 5.84. The van der Waals surface area contributed by atoms with Crippen LogP contribution >= 0.6 is 11.3 Å². The van der Waals surface area contributed by atoms with E-state index >= 15 is 0 Å². The first-order valence-electron chi connectivity index (χ1n) is 7.00. The average molecular weight is 288 g/mol. The molecule has 0 bridgehead atoms. The second-order valence-corrected chi connectivity index (χ2v) is 6.10. The van der Waals surface area contributed by atoms with E-state index in [9.17, 15) is 0 Å². The average Bonchev–Trinajstić information content (AvgIpc) is 3.03. The highest BCUT2D eigenvalue weighted by Crippen LogP contribution is 2.30. The largest absolute Gasteiger partial charge is 0.230 e. The van der Waals surface area contributed by atoms with Crippen molar-refractivity contribution in [3.05, 3.63) is 47.3 Å². The second kappa shape index (κ2) is 6.06. The van der Waals surface area contributed by atoms with E-state index in [-0.39, 0.29) is 0 Å². The number of hydroxylamine groups is 3. The van der Waals surface area contributed by atoms with Crippen LogP contribution in [0.15, 0.2) is 41.8 Å². The Labute approximate surface area is 124 Å². The highest BCUT2D eigenvalue weighted by atomic mass is 32.1. The highest BCUT2D eigenvalue weighted by molar-refractivity contribution is 7.13. The molecular formula is C16H20N2OS+. The number of benzene rings is 1. The monoisotopic (exact) mass is 288 g/mol. The van der Waals surface area contributed by atoms with E-state index in [1.54, 1.807) is 11.3 Å². The van der Waals surface area contributed by atoms with Crippen LogP contribution in [0.4, 0.5) is 0 Å². The van der Waals surface area contributed by atoms with Crippen LogP contribution in [0.5, 0.6) is 0 Å². The molecule has 20 heavy (non-hydrogen) atoms. The first kappa shape index (κ1) is 13.8. The molecule has 1 aromatic carbocycles. The summed E-state index contributed by atoms with van der Waals surface area (Å²) < 4.78 is 0.686. The Morgan fingerprint density at radius 1 is 1.15 bits per heavy atom. The molecule has 1 saturated heterocycles. The van der Waals surface area contributed by atoms with Gasteiger partial charge in [0, 0.05) is 16.0 Å². The Bertz CT molecular complexity index is 547. The molecule has 0 amide bonds. The lowest BCUT2D eigenvalue weighted by atomic mass is 10.1. The van der Waals surface area contributed by atoms with E-state index in [1.165, 1.54) is 16.0 Å². The smallest absolute Gasteiger partial charge is 0.135 e. The van der Waals surface area contributed by atoms with Crippen LogP contribution in [0.1, 0.15) is 5.56 Å². The number of thiophene rings is 1. The Hall–Kier alpha value is -1.20. The third-order valence-corrected chi connectivity index (χ3v) is 4.88. The summed E-state index contributed by atoms with van der Waals surface area (Å²) in [7, 11) is 1.82. The molecule has 0 aliphatic carbocycles. The number of hydrogen-bond acceptors (Lipinski definition) is 2. The molecule has 4 heteroatoms. The minimum atomic E-state index is 0.686. The van der Waals surface area contributed by atoms with Crippen LogP contribution in [0.2, 0.25) is 0 Å². The predicted molar refractivity (Wildman–Crippen MR) is 82.3 cm³/mol. The SMILES string of the molecule is CO[N+]1(Cc2ccccc2-c2cccs2)CC[N]CC1. The number of rotatable bonds is 4. The summed E-state index contributed by atoms with van der Waals surface area (Å²) in [5.74, 6) is 0. The Morgan fingerprint density at radius 2 is 1.95 bits per heavy atom. The van der Waals surface area contributed by atoms with Crippen LogP contribution < -0.4 is 5.32 Å². The molecule has 1 aliphatic rings. The van der Waals surface area contributed by atoms with Gasteiger partial charge in [-0.25, -0.2) is 10.2 Å². The van der Waals surface area contributed by atoms with Gasteiger partial charge in [0.05, 0.1) is 20.2 Å². The Kier molecular flexibility index (Phi) is 4.17. The summed E-state index contributed by atoms with van der Waals surface area (Å²) in [5.41, 5.74) is 2.69. The van der Waals surface area contributed by atoms with Gasteiger partial charge in [-0.3, -0.25) is 0 Å². The maximum Gasteiger partial charge on any atom is 0.135 e. The van der Waals surface area contributed by atoms with Gasteiger partial charge >= 0.3 is 0 Å². The van der Waals surface area contributed by atoms with Crippen LogP contribution in [0.25, 0.3) is 10.4 Å². The molecule has 1 aromatic heterocycles. The number of nitrogens with zero attached hydrogens (tertiary/aromatic N) is 2. The molecular weight excluding hydrogens is 268 g/mol. The van der Waals surface area contributed by atoms with Gasteiger partial charge in [0.2, 0.25) is 0 Å².